The Bertz CT molecular complexity index is 1760. The number of hydrazine groups is 1. The van der Waals surface area contributed by atoms with Crippen molar-refractivity contribution >= 4 is 23.4 Å². The minimum Gasteiger partial charge on any atom is -0.493 e. The summed E-state index contributed by atoms with van der Waals surface area (Å²) in [5.74, 6) is -0.277. The number of amides is 3. The molecule has 10 heteroatoms. The van der Waals surface area contributed by atoms with Gasteiger partial charge in [-0.2, -0.15) is 5.01 Å². The monoisotopic (exact) mass is 607 g/mol. The highest BCUT2D eigenvalue weighted by Gasteiger charge is 2.30. The molecule has 230 valence electrons. The highest BCUT2D eigenvalue weighted by atomic mass is 16.5. The smallest absolute Gasteiger partial charge is 0.279 e. The van der Waals surface area contributed by atoms with E-state index < -0.39 is 23.3 Å². The van der Waals surface area contributed by atoms with Crippen molar-refractivity contribution in [2.75, 3.05) is 26.8 Å². The van der Waals surface area contributed by atoms with Gasteiger partial charge in [-0.1, -0.05) is 42.5 Å². The second-order valence-corrected chi connectivity index (χ2v) is 10.4. The van der Waals surface area contributed by atoms with Crippen LogP contribution in [0.4, 0.5) is 5.69 Å². The van der Waals surface area contributed by atoms with Gasteiger partial charge in [0.25, 0.3) is 11.8 Å². The highest BCUT2D eigenvalue weighted by Crippen LogP contribution is 2.50. The molecular formula is C35H33N3O7. The van der Waals surface area contributed by atoms with Crippen molar-refractivity contribution in [2.45, 2.75) is 25.8 Å². The van der Waals surface area contributed by atoms with Crippen molar-refractivity contribution in [3.63, 3.8) is 0 Å². The van der Waals surface area contributed by atoms with Gasteiger partial charge in [-0.3, -0.25) is 24.6 Å². The van der Waals surface area contributed by atoms with Gasteiger partial charge in [0, 0.05) is 23.6 Å². The number of hydrogen-bond acceptors (Lipinski definition) is 8. The molecule has 0 unspecified atom stereocenters. The Kier molecular flexibility index (Phi) is 9.13. The van der Waals surface area contributed by atoms with E-state index >= 15 is 0 Å². The minimum atomic E-state index is -0.642. The first-order valence-electron chi connectivity index (χ1n) is 14.3. The Labute approximate surface area is 260 Å². The van der Waals surface area contributed by atoms with Gasteiger partial charge in [0.1, 0.15) is 5.69 Å². The van der Waals surface area contributed by atoms with E-state index in [1.54, 1.807) is 66.7 Å². The Morgan fingerprint density at radius 2 is 1.38 bits per heavy atom. The number of aryl methyl sites for hydroxylation is 1. The lowest BCUT2D eigenvalue weighted by Crippen LogP contribution is -2.42. The van der Waals surface area contributed by atoms with Gasteiger partial charge >= 0.3 is 0 Å². The Morgan fingerprint density at radius 3 is 1.91 bits per heavy atom. The molecule has 0 spiro atoms. The van der Waals surface area contributed by atoms with E-state index in [0.29, 0.717) is 46.8 Å². The van der Waals surface area contributed by atoms with Crippen LogP contribution in [-0.2, 0) is 11.2 Å². The maximum atomic E-state index is 13.9. The van der Waals surface area contributed by atoms with Crippen LogP contribution in [0.5, 0.6) is 17.2 Å². The third-order valence-electron chi connectivity index (χ3n) is 7.60. The molecule has 1 aliphatic carbocycles. The molecule has 0 fully saturated rings. The fourth-order valence-electron chi connectivity index (χ4n) is 5.53. The molecule has 0 aliphatic heterocycles. The second kappa shape index (κ2) is 13.3. The van der Waals surface area contributed by atoms with Crippen LogP contribution >= 0.6 is 0 Å². The molecule has 0 aromatic heterocycles. The van der Waals surface area contributed by atoms with Crippen molar-refractivity contribution in [2.24, 2.45) is 0 Å². The van der Waals surface area contributed by atoms with E-state index in [2.05, 4.69) is 10.7 Å². The third kappa shape index (κ3) is 6.21. The first kappa shape index (κ1) is 30.8. The average Bonchev–Trinajstić information content (AvgIpc) is 3.30. The summed E-state index contributed by atoms with van der Waals surface area (Å²) in [6.45, 7) is 1.42. The summed E-state index contributed by atoms with van der Waals surface area (Å²) in [4.78, 5) is 53.5. The van der Waals surface area contributed by atoms with Crippen LogP contribution in [0.15, 0.2) is 89.7 Å². The lowest BCUT2D eigenvalue weighted by Gasteiger charge is -2.22. The summed E-state index contributed by atoms with van der Waals surface area (Å²) >= 11 is 0. The van der Waals surface area contributed by atoms with Crippen molar-refractivity contribution in [1.29, 1.82) is 0 Å². The number of nitrogens with one attached hydrogen (secondary N) is 2. The lowest BCUT2D eigenvalue weighted by molar-refractivity contribution is -0.119. The van der Waals surface area contributed by atoms with Crippen LogP contribution in [0.25, 0.3) is 11.1 Å². The third-order valence-corrected chi connectivity index (χ3v) is 7.60. The van der Waals surface area contributed by atoms with E-state index in [-0.39, 0.29) is 22.7 Å². The molecule has 1 atom stereocenters. The summed E-state index contributed by atoms with van der Waals surface area (Å²) in [5, 5.41) is 3.80. The summed E-state index contributed by atoms with van der Waals surface area (Å²) in [5.41, 5.74) is 5.49. The summed E-state index contributed by atoms with van der Waals surface area (Å²) in [6.07, 6.45) is 1.02. The quantitative estimate of drug-likeness (QED) is 0.208. The number of carbonyl (C=O) groups excluding carboxylic acids is 3. The Morgan fingerprint density at radius 1 is 0.778 bits per heavy atom. The van der Waals surface area contributed by atoms with Gasteiger partial charge in [0.05, 0.1) is 27.4 Å². The number of nitrogens with zero attached hydrogens (tertiary/aromatic N) is 1. The minimum absolute atomic E-state index is 0.0285. The Balaban J connectivity index is 1.70. The van der Waals surface area contributed by atoms with Crippen LogP contribution in [0.3, 0.4) is 0 Å². The molecule has 4 aromatic carbocycles. The molecule has 5 rings (SSSR count). The standard InChI is InChI=1S/C35H33N3O7/c1-21(39)36-27-17-15-24-19-30(43-2)32(44-3)33(45-4)31(24)25-16-18-28(29(40)20-26(25)27)37-38(34(41)22-11-7-5-8-12-22)35(42)23-13-9-6-10-14-23/h5-14,16,18-20,27H,15,17H2,1-4H3,(H,36,39)(H,37,40)/t27-/m0/s1. The van der Waals surface area contributed by atoms with Gasteiger partial charge in [-0.15, -0.1) is 0 Å². The second-order valence-electron chi connectivity index (χ2n) is 10.4. The number of carbonyl (C=O) groups is 3. The van der Waals surface area contributed by atoms with Gasteiger partial charge in [-0.25, -0.2) is 0 Å². The fraction of sp³-hybridized carbons (Fsp3) is 0.200. The van der Waals surface area contributed by atoms with E-state index in [1.165, 1.54) is 40.4 Å². The van der Waals surface area contributed by atoms with Gasteiger partial charge in [0.15, 0.2) is 11.5 Å². The number of anilines is 1. The largest absolute Gasteiger partial charge is 0.493 e. The zero-order chi connectivity index (χ0) is 32.1. The molecule has 0 heterocycles. The van der Waals surface area contributed by atoms with Crippen molar-refractivity contribution < 1.29 is 28.6 Å². The average molecular weight is 608 g/mol. The lowest BCUT2D eigenvalue weighted by atomic mass is 9.95. The molecule has 0 saturated heterocycles. The van der Waals surface area contributed by atoms with Crippen molar-refractivity contribution in [1.82, 2.24) is 10.3 Å². The van der Waals surface area contributed by atoms with E-state index in [4.69, 9.17) is 14.2 Å². The van der Waals surface area contributed by atoms with Crippen LogP contribution in [0.2, 0.25) is 0 Å². The molecule has 45 heavy (non-hydrogen) atoms. The molecule has 3 amide bonds. The Hall–Kier alpha value is -5.64. The predicted molar refractivity (Wildman–Crippen MR) is 170 cm³/mol. The van der Waals surface area contributed by atoms with Gasteiger partial charge in [-0.05, 0) is 72.0 Å². The molecule has 2 N–H and O–H groups in total. The topological polar surface area (TPSA) is 123 Å². The number of hydrogen-bond donors (Lipinski definition) is 2. The molecule has 0 bridgehead atoms. The molecule has 4 aromatic rings. The maximum absolute atomic E-state index is 13.9. The van der Waals surface area contributed by atoms with Gasteiger partial charge in [0.2, 0.25) is 17.1 Å². The highest BCUT2D eigenvalue weighted by molar-refractivity contribution is 6.11. The first-order chi connectivity index (χ1) is 21.8. The van der Waals surface area contributed by atoms with Gasteiger partial charge < -0.3 is 19.5 Å². The first-order valence-corrected chi connectivity index (χ1v) is 14.3. The normalized spacial score (nSPS) is 13.3. The fourth-order valence-corrected chi connectivity index (χ4v) is 5.53. The zero-order valence-corrected chi connectivity index (χ0v) is 25.4. The number of rotatable bonds is 8. The van der Waals surface area contributed by atoms with E-state index in [1.807, 2.05) is 6.07 Å². The van der Waals surface area contributed by atoms with Crippen LogP contribution < -0.4 is 30.4 Å². The maximum Gasteiger partial charge on any atom is 0.279 e. The summed E-state index contributed by atoms with van der Waals surface area (Å²) < 4.78 is 17.1. The van der Waals surface area contributed by atoms with Crippen LogP contribution in [0.1, 0.15) is 51.2 Å². The van der Waals surface area contributed by atoms with E-state index in [9.17, 15) is 19.2 Å². The number of imide groups is 1. The van der Waals surface area contributed by atoms with Crippen LogP contribution in [-0.4, -0.2) is 44.1 Å². The molecule has 1 aliphatic rings. The van der Waals surface area contributed by atoms with E-state index in [0.717, 1.165) is 10.6 Å². The summed E-state index contributed by atoms with van der Waals surface area (Å²) in [7, 11) is 4.56. The molecule has 10 nitrogen and oxygen atoms in total. The number of ether oxygens (including phenoxy) is 3. The molecular weight excluding hydrogens is 574 g/mol. The molecule has 0 saturated carbocycles. The predicted octanol–water partition coefficient (Wildman–Crippen LogP) is 5.17. The van der Waals surface area contributed by atoms with Crippen LogP contribution in [0, 0.1) is 0 Å². The van der Waals surface area contributed by atoms with Crippen molar-refractivity contribution in [3.8, 4) is 28.4 Å². The van der Waals surface area contributed by atoms with Crippen molar-refractivity contribution in [3.05, 3.63) is 117 Å². The summed E-state index contributed by atoms with van der Waals surface area (Å²) in [6, 6.07) is 22.6. The zero-order valence-electron chi connectivity index (χ0n) is 25.4. The number of methoxy groups -OCH3 is 3. The number of fused-ring (bicyclic) bond motifs is 3. The molecule has 0 radical (unpaired) electrons. The SMILES string of the molecule is COc1cc2c(c(OC)c1OC)-c1ccc(NN(C(=O)c3ccccc3)C(=O)c3ccccc3)c(=O)cc1[C@@H](NC(C)=O)CC2. The number of benzene rings is 3.